The Hall–Kier alpha value is -3.50. The average Bonchev–Trinajstić information content (AvgIpc) is 3.25. The van der Waals surface area contributed by atoms with E-state index in [1.54, 1.807) is 25.3 Å². The van der Waals surface area contributed by atoms with Crippen LogP contribution in [-0.4, -0.2) is 61.3 Å². The monoisotopic (exact) mass is 510 g/mol. The number of hydrogen-bond donors (Lipinski definition) is 1. The van der Waals surface area contributed by atoms with E-state index in [0.29, 0.717) is 31.5 Å². The van der Waals surface area contributed by atoms with Crippen molar-refractivity contribution in [3.63, 3.8) is 0 Å². The minimum atomic E-state index is -3.32. The molecule has 0 saturated carbocycles. The number of benzene rings is 2. The Labute approximate surface area is 210 Å². The van der Waals surface area contributed by atoms with Gasteiger partial charge in [-0.1, -0.05) is 30.3 Å². The van der Waals surface area contributed by atoms with Gasteiger partial charge in [0.1, 0.15) is 0 Å². The number of sulfonamides is 1. The highest BCUT2D eigenvalue weighted by atomic mass is 32.2. The Balaban J connectivity index is 1.49. The maximum atomic E-state index is 12.7. The van der Waals surface area contributed by atoms with Crippen LogP contribution in [0, 0.1) is 5.92 Å². The van der Waals surface area contributed by atoms with Gasteiger partial charge in [-0.25, -0.2) is 22.9 Å². The number of carbonyl (C=O) groups excluding carboxylic acids is 2. The second-order valence-electron chi connectivity index (χ2n) is 8.75. The molecule has 4 rings (SSSR count). The number of esters is 1. The molecule has 190 valence electrons. The molecule has 1 amide bonds. The summed E-state index contributed by atoms with van der Waals surface area (Å²) in [7, 11) is -1.96. The second-order valence-corrected chi connectivity index (χ2v) is 11.0. The van der Waals surface area contributed by atoms with E-state index in [9.17, 15) is 18.0 Å². The molecule has 0 spiro atoms. The molecular formula is C26H30N4O5S. The van der Waals surface area contributed by atoms with Gasteiger partial charge in [0, 0.05) is 42.3 Å². The van der Waals surface area contributed by atoms with Gasteiger partial charge in [0.2, 0.25) is 15.9 Å². The molecule has 2 heterocycles. The predicted molar refractivity (Wildman–Crippen MR) is 138 cm³/mol. The summed E-state index contributed by atoms with van der Waals surface area (Å²) in [5.74, 6) is -1.08. The van der Waals surface area contributed by atoms with Crippen molar-refractivity contribution in [3.8, 4) is 0 Å². The maximum absolute atomic E-state index is 12.7. The van der Waals surface area contributed by atoms with E-state index in [4.69, 9.17) is 4.74 Å². The molecule has 1 fully saturated rings. The van der Waals surface area contributed by atoms with Crippen LogP contribution in [0.4, 0.5) is 0 Å². The molecule has 1 aromatic heterocycles. The highest BCUT2D eigenvalue weighted by Crippen LogP contribution is 2.22. The van der Waals surface area contributed by atoms with Gasteiger partial charge in [0.25, 0.3) is 0 Å². The summed E-state index contributed by atoms with van der Waals surface area (Å²) in [6.07, 6.45) is 4.82. The van der Waals surface area contributed by atoms with E-state index >= 15 is 0 Å². The van der Waals surface area contributed by atoms with Crippen molar-refractivity contribution >= 4 is 39.0 Å². The van der Waals surface area contributed by atoms with Gasteiger partial charge in [0.05, 0.1) is 30.6 Å². The zero-order chi connectivity index (χ0) is 25.7. The first-order valence-corrected chi connectivity index (χ1v) is 13.5. The zero-order valence-electron chi connectivity index (χ0n) is 20.4. The molecule has 3 aromatic rings. The maximum Gasteiger partial charge on any atom is 0.337 e. The molecule has 36 heavy (non-hydrogen) atoms. The third kappa shape index (κ3) is 5.66. The average molecular weight is 511 g/mol. The topological polar surface area (TPSA) is 110 Å². The first-order chi connectivity index (χ1) is 17.3. The quantitative estimate of drug-likeness (QED) is 0.285. The smallest absolute Gasteiger partial charge is 0.337 e. The summed E-state index contributed by atoms with van der Waals surface area (Å²) < 4.78 is 32.6. The lowest BCUT2D eigenvalue weighted by Gasteiger charge is -2.30. The van der Waals surface area contributed by atoms with E-state index in [1.807, 2.05) is 42.6 Å². The minimum Gasteiger partial charge on any atom is -0.465 e. The standard InChI is InChI=1S/C26H30N4O5S/c1-3-36(33,34)30-13-7-10-21(18-30)25(31)28-27-15-22-17-29(24-12-5-4-11-23(22)24)16-19-8-6-9-20(14-19)26(32)35-2/h4-6,8-9,11-12,14-15,17,21H,3,7,10,13,16,18H2,1-2H3,(H,28,31)/b27-15+. The van der Waals surface area contributed by atoms with E-state index in [1.165, 1.54) is 11.4 Å². The number of piperidine rings is 1. The van der Waals surface area contributed by atoms with Gasteiger partial charge in [-0.05, 0) is 43.5 Å². The highest BCUT2D eigenvalue weighted by Gasteiger charge is 2.31. The fraction of sp³-hybridized carbons (Fsp3) is 0.346. The van der Waals surface area contributed by atoms with Gasteiger partial charge in [-0.15, -0.1) is 0 Å². The summed E-state index contributed by atoms with van der Waals surface area (Å²) in [6.45, 7) is 2.78. The lowest BCUT2D eigenvalue weighted by molar-refractivity contribution is -0.126. The lowest BCUT2D eigenvalue weighted by atomic mass is 9.99. The number of amides is 1. The van der Waals surface area contributed by atoms with E-state index in [0.717, 1.165) is 22.0 Å². The van der Waals surface area contributed by atoms with Gasteiger partial charge in [0.15, 0.2) is 0 Å². The summed E-state index contributed by atoms with van der Waals surface area (Å²) >= 11 is 0. The molecule has 1 aliphatic rings. The van der Waals surface area contributed by atoms with Gasteiger partial charge in [-0.3, -0.25) is 4.79 Å². The molecule has 0 radical (unpaired) electrons. The summed E-state index contributed by atoms with van der Waals surface area (Å²) in [5.41, 5.74) is 5.84. The third-order valence-corrected chi connectivity index (χ3v) is 8.26. The van der Waals surface area contributed by atoms with Crippen molar-refractivity contribution in [2.45, 2.75) is 26.3 Å². The Morgan fingerprint density at radius 2 is 2.00 bits per heavy atom. The molecule has 10 heteroatoms. The van der Waals surface area contributed by atoms with Crippen LogP contribution in [0.1, 0.15) is 41.3 Å². The molecule has 1 saturated heterocycles. The third-order valence-electron chi connectivity index (χ3n) is 6.41. The second kappa shape index (κ2) is 11.0. The van der Waals surface area contributed by atoms with Crippen LogP contribution >= 0.6 is 0 Å². The molecule has 1 unspecified atom stereocenters. The van der Waals surface area contributed by atoms with Crippen molar-refractivity contribution in [1.29, 1.82) is 0 Å². The van der Waals surface area contributed by atoms with Crippen LogP contribution in [-0.2, 0) is 26.1 Å². The van der Waals surface area contributed by atoms with Crippen molar-refractivity contribution in [1.82, 2.24) is 14.3 Å². The number of methoxy groups -OCH3 is 1. The van der Waals surface area contributed by atoms with Crippen molar-refractivity contribution in [3.05, 3.63) is 71.4 Å². The van der Waals surface area contributed by atoms with Gasteiger partial charge < -0.3 is 9.30 Å². The van der Waals surface area contributed by atoms with E-state index in [2.05, 4.69) is 15.1 Å². The summed E-state index contributed by atoms with van der Waals surface area (Å²) in [5, 5.41) is 5.15. The summed E-state index contributed by atoms with van der Waals surface area (Å²) in [6, 6.07) is 15.2. The first kappa shape index (κ1) is 25.6. The van der Waals surface area contributed by atoms with Crippen molar-refractivity contribution < 1.29 is 22.7 Å². The number of ether oxygens (including phenoxy) is 1. The van der Waals surface area contributed by atoms with Crippen LogP contribution in [0.5, 0.6) is 0 Å². The largest absolute Gasteiger partial charge is 0.465 e. The van der Waals surface area contributed by atoms with Crippen LogP contribution in [0.3, 0.4) is 0 Å². The van der Waals surface area contributed by atoms with E-state index in [-0.39, 0.29) is 24.2 Å². The fourth-order valence-electron chi connectivity index (χ4n) is 4.47. The van der Waals surface area contributed by atoms with Crippen LogP contribution < -0.4 is 5.43 Å². The fourth-order valence-corrected chi connectivity index (χ4v) is 5.65. The Kier molecular flexibility index (Phi) is 7.85. The molecule has 9 nitrogen and oxygen atoms in total. The molecule has 1 aliphatic heterocycles. The SMILES string of the molecule is CCS(=O)(=O)N1CCCC(C(=O)N/N=C/c2cn(Cc3cccc(C(=O)OC)c3)c3ccccc23)C1. The number of nitrogens with zero attached hydrogens (tertiary/aromatic N) is 3. The number of hydrogen-bond acceptors (Lipinski definition) is 6. The first-order valence-electron chi connectivity index (χ1n) is 11.9. The molecule has 1 N–H and O–H groups in total. The lowest BCUT2D eigenvalue weighted by Crippen LogP contribution is -2.45. The Morgan fingerprint density at radius 3 is 2.78 bits per heavy atom. The molecule has 0 bridgehead atoms. The zero-order valence-corrected chi connectivity index (χ0v) is 21.2. The number of fused-ring (bicyclic) bond motifs is 1. The van der Waals surface area contributed by atoms with Gasteiger partial charge in [-0.2, -0.15) is 5.10 Å². The minimum absolute atomic E-state index is 0.0243. The van der Waals surface area contributed by atoms with Crippen molar-refractivity contribution in [2.75, 3.05) is 26.0 Å². The molecule has 0 aliphatic carbocycles. The Morgan fingerprint density at radius 1 is 1.19 bits per heavy atom. The molecule has 2 aromatic carbocycles. The molecular weight excluding hydrogens is 480 g/mol. The van der Waals surface area contributed by atoms with Crippen molar-refractivity contribution in [2.24, 2.45) is 11.0 Å². The number of carbonyl (C=O) groups is 2. The number of nitrogens with one attached hydrogen (secondary N) is 1. The van der Waals surface area contributed by atoms with Crippen LogP contribution in [0.15, 0.2) is 59.8 Å². The Bertz CT molecular complexity index is 1400. The number of rotatable bonds is 8. The number of para-hydroxylation sites is 1. The number of hydrazone groups is 1. The van der Waals surface area contributed by atoms with Gasteiger partial charge >= 0.3 is 5.97 Å². The predicted octanol–water partition coefficient (Wildman–Crippen LogP) is 2.99. The summed E-state index contributed by atoms with van der Waals surface area (Å²) in [4.78, 5) is 24.6. The molecule has 1 atom stereocenters. The highest BCUT2D eigenvalue weighted by molar-refractivity contribution is 7.89. The normalized spacial score (nSPS) is 16.9. The number of aromatic nitrogens is 1. The van der Waals surface area contributed by atoms with Crippen LogP contribution in [0.25, 0.3) is 10.9 Å². The van der Waals surface area contributed by atoms with Crippen LogP contribution in [0.2, 0.25) is 0 Å². The van der Waals surface area contributed by atoms with E-state index < -0.39 is 15.9 Å².